The van der Waals surface area contributed by atoms with Gasteiger partial charge in [-0.1, -0.05) is 48.5 Å². The van der Waals surface area contributed by atoms with Crippen molar-refractivity contribution in [3.8, 4) is 20.9 Å². The first kappa shape index (κ1) is 23.2. The van der Waals surface area contributed by atoms with Crippen LogP contribution in [-0.4, -0.2) is 7.05 Å². The van der Waals surface area contributed by atoms with Crippen molar-refractivity contribution in [2.75, 3.05) is 18.1 Å². The maximum atomic E-state index is 5.70. The molecule has 0 spiro atoms. The Labute approximate surface area is 214 Å². The summed E-state index contributed by atoms with van der Waals surface area (Å²) in [7, 11) is 1.94. The molecule has 2 heterocycles. The summed E-state index contributed by atoms with van der Waals surface area (Å²) < 4.78 is 2.71. The number of nitrogen functional groups attached to an aromatic ring is 1. The monoisotopic (exact) mass is 492 g/mol. The molecule has 6 rings (SSSR count). The standard InChI is InChI=1S/C16H15NS.C15H13NS/c1-11-3-4-13-10-16(18-15(13)9-11)12-5-7-14(17-2)8-6-12;1-10-2-3-12-9-15(17-14(12)8-10)11-4-6-13(16)7-5-11/h3-10,17H,1-2H3;2-9H,16H2,1H3. The van der Waals surface area contributed by atoms with Crippen molar-refractivity contribution in [1.82, 2.24) is 0 Å². The largest absolute Gasteiger partial charge is 0.399 e. The van der Waals surface area contributed by atoms with E-state index in [2.05, 4.69) is 104 Å². The van der Waals surface area contributed by atoms with Crippen molar-refractivity contribution < 1.29 is 0 Å². The molecule has 0 aliphatic heterocycles. The molecule has 174 valence electrons. The Bertz CT molecular complexity index is 1590. The summed E-state index contributed by atoms with van der Waals surface area (Å²) in [5.41, 5.74) is 12.8. The molecule has 0 bridgehead atoms. The molecule has 0 fully saturated rings. The van der Waals surface area contributed by atoms with Gasteiger partial charge in [0.1, 0.15) is 0 Å². The summed E-state index contributed by atoms with van der Waals surface area (Å²) >= 11 is 3.69. The quantitative estimate of drug-likeness (QED) is 0.241. The molecule has 0 aliphatic rings. The minimum Gasteiger partial charge on any atom is -0.399 e. The number of anilines is 2. The first-order valence-corrected chi connectivity index (χ1v) is 13.3. The highest BCUT2D eigenvalue weighted by atomic mass is 32.1. The molecule has 0 atom stereocenters. The Morgan fingerprint density at radius 2 is 1.03 bits per heavy atom. The fourth-order valence-electron chi connectivity index (χ4n) is 4.01. The molecule has 0 amide bonds. The maximum Gasteiger partial charge on any atom is 0.0355 e. The van der Waals surface area contributed by atoms with Gasteiger partial charge in [0, 0.05) is 37.6 Å². The van der Waals surface area contributed by atoms with E-state index < -0.39 is 0 Å². The second kappa shape index (κ2) is 9.95. The Balaban J connectivity index is 0.000000145. The molecule has 6 aromatic rings. The van der Waals surface area contributed by atoms with E-state index in [1.165, 1.54) is 52.2 Å². The average Bonchev–Trinajstić information content (AvgIpc) is 3.48. The number of fused-ring (bicyclic) bond motifs is 2. The molecule has 4 heteroatoms. The number of benzene rings is 4. The summed E-state index contributed by atoms with van der Waals surface area (Å²) in [6.07, 6.45) is 0. The van der Waals surface area contributed by atoms with Crippen LogP contribution < -0.4 is 11.1 Å². The normalized spacial score (nSPS) is 10.8. The molecule has 35 heavy (non-hydrogen) atoms. The summed E-state index contributed by atoms with van der Waals surface area (Å²) in [5.74, 6) is 0. The van der Waals surface area contributed by atoms with Crippen LogP contribution in [0.3, 0.4) is 0 Å². The molecular weight excluding hydrogens is 464 g/mol. The van der Waals surface area contributed by atoms with Crippen molar-refractivity contribution in [2.24, 2.45) is 0 Å². The number of aryl methyl sites for hydroxylation is 2. The van der Waals surface area contributed by atoms with Crippen molar-refractivity contribution in [1.29, 1.82) is 0 Å². The minimum atomic E-state index is 0.811. The predicted molar refractivity (Wildman–Crippen MR) is 158 cm³/mol. The van der Waals surface area contributed by atoms with Crippen LogP contribution in [0, 0.1) is 13.8 Å². The van der Waals surface area contributed by atoms with Crippen molar-refractivity contribution in [2.45, 2.75) is 13.8 Å². The van der Waals surface area contributed by atoms with Gasteiger partial charge in [0.25, 0.3) is 0 Å². The molecular formula is C31H28N2S2. The smallest absolute Gasteiger partial charge is 0.0355 e. The van der Waals surface area contributed by atoms with Gasteiger partial charge < -0.3 is 11.1 Å². The third-order valence-corrected chi connectivity index (χ3v) is 8.30. The molecule has 2 aromatic heterocycles. The number of nitrogens with two attached hydrogens (primary N) is 1. The summed E-state index contributed by atoms with van der Waals surface area (Å²) in [5, 5.41) is 5.79. The van der Waals surface area contributed by atoms with Crippen LogP contribution in [0.2, 0.25) is 0 Å². The first-order chi connectivity index (χ1) is 17.0. The highest BCUT2D eigenvalue weighted by Gasteiger charge is 2.05. The second-order valence-corrected chi connectivity index (χ2v) is 10.9. The molecule has 0 unspecified atom stereocenters. The van der Waals surface area contributed by atoms with Crippen LogP contribution in [0.15, 0.2) is 97.1 Å². The topological polar surface area (TPSA) is 38.0 Å². The molecule has 0 radical (unpaired) electrons. The van der Waals surface area contributed by atoms with Gasteiger partial charge in [0.05, 0.1) is 0 Å². The Kier molecular flexibility index (Phi) is 6.58. The molecule has 2 nitrogen and oxygen atoms in total. The fraction of sp³-hybridized carbons (Fsp3) is 0.0968. The van der Waals surface area contributed by atoms with Crippen molar-refractivity contribution >= 4 is 54.2 Å². The van der Waals surface area contributed by atoms with Crippen LogP contribution in [0.25, 0.3) is 41.1 Å². The lowest BCUT2D eigenvalue weighted by atomic mass is 10.1. The van der Waals surface area contributed by atoms with E-state index >= 15 is 0 Å². The third kappa shape index (κ3) is 5.24. The Hall–Kier alpha value is -3.60. The van der Waals surface area contributed by atoms with Gasteiger partial charge in [0.2, 0.25) is 0 Å². The van der Waals surface area contributed by atoms with Gasteiger partial charge in [-0.15, -0.1) is 22.7 Å². The van der Waals surface area contributed by atoms with Crippen LogP contribution in [0.5, 0.6) is 0 Å². The van der Waals surface area contributed by atoms with Gasteiger partial charge in [0.15, 0.2) is 0 Å². The fourth-order valence-corrected chi connectivity index (χ4v) is 6.34. The first-order valence-electron chi connectivity index (χ1n) is 11.6. The molecule has 3 N–H and O–H groups in total. The number of hydrogen-bond donors (Lipinski definition) is 2. The minimum absolute atomic E-state index is 0.811. The lowest BCUT2D eigenvalue weighted by Gasteiger charge is -2.00. The summed E-state index contributed by atoms with van der Waals surface area (Å²) in [6, 6.07) is 34.3. The van der Waals surface area contributed by atoms with Gasteiger partial charge >= 0.3 is 0 Å². The third-order valence-electron chi connectivity index (χ3n) is 6.00. The Morgan fingerprint density at radius 3 is 1.49 bits per heavy atom. The van der Waals surface area contributed by atoms with Crippen molar-refractivity contribution in [3.05, 3.63) is 108 Å². The van der Waals surface area contributed by atoms with E-state index in [0.717, 1.165) is 11.4 Å². The molecule has 0 saturated heterocycles. The average molecular weight is 493 g/mol. The van der Waals surface area contributed by atoms with Gasteiger partial charge in [-0.3, -0.25) is 0 Å². The highest BCUT2D eigenvalue weighted by Crippen LogP contribution is 2.35. The SMILES string of the molecule is CNc1ccc(-c2cc3ccc(C)cc3s2)cc1.Cc1ccc2cc(-c3ccc(N)cc3)sc2c1. The van der Waals surface area contributed by atoms with E-state index in [4.69, 9.17) is 5.73 Å². The summed E-state index contributed by atoms with van der Waals surface area (Å²) in [4.78, 5) is 2.63. The van der Waals surface area contributed by atoms with Crippen molar-refractivity contribution in [3.63, 3.8) is 0 Å². The molecule has 4 aromatic carbocycles. The highest BCUT2D eigenvalue weighted by molar-refractivity contribution is 7.22. The van der Waals surface area contributed by atoms with E-state index in [1.54, 1.807) is 0 Å². The van der Waals surface area contributed by atoms with Gasteiger partial charge in [-0.25, -0.2) is 0 Å². The Morgan fingerprint density at radius 1 is 0.571 bits per heavy atom. The van der Waals surface area contributed by atoms with Crippen LogP contribution in [0.1, 0.15) is 11.1 Å². The number of thiophene rings is 2. The van der Waals surface area contributed by atoms with E-state index in [-0.39, 0.29) is 0 Å². The van der Waals surface area contributed by atoms with Gasteiger partial charge in [-0.05, 0) is 95.4 Å². The van der Waals surface area contributed by atoms with Gasteiger partial charge in [-0.2, -0.15) is 0 Å². The second-order valence-electron chi connectivity index (χ2n) is 8.75. The zero-order chi connectivity index (χ0) is 24.4. The molecule has 0 saturated carbocycles. The number of rotatable bonds is 3. The maximum absolute atomic E-state index is 5.70. The van der Waals surface area contributed by atoms with Crippen LogP contribution >= 0.6 is 22.7 Å². The number of hydrogen-bond acceptors (Lipinski definition) is 4. The van der Waals surface area contributed by atoms with Crippen LogP contribution in [-0.2, 0) is 0 Å². The zero-order valence-electron chi connectivity index (χ0n) is 20.1. The zero-order valence-corrected chi connectivity index (χ0v) is 21.8. The predicted octanol–water partition coefficient (Wildman–Crippen LogP) is 9.38. The number of nitrogens with one attached hydrogen (secondary N) is 1. The van der Waals surface area contributed by atoms with E-state index in [9.17, 15) is 0 Å². The van der Waals surface area contributed by atoms with E-state index in [1.807, 2.05) is 41.9 Å². The van der Waals surface area contributed by atoms with Crippen LogP contribution in [0.4, 0.5) is 11.4 Å². The molecule has 0 aliphatic carbocycles. The summed E-state index contributed by atoms with van der Waals surface area (Å²) in [6.45, 7) is 4.27. The lowest BCUT2D eigenvalue weighted by Crippen LogP contribution is -1.86. The lowest BCUT2D eigenvalue weighted by molar-refractivity contribution is 1.51. The van der Waals surface area contributed by atoms with E-state index in [0.29, 0.717) is 0 Å².